The van der Waals surface area contributed by atoms with Crippen LogP contribution in [0.5, 0.6) is 0 Å². The molecule has 1 rings (SSSR count). The number of nitriles is 1. The van der Waals surface area contributed by atoms with E-state index < -0.39 is 0 Å². The predicted molar refractivity (Wildman–Crippen MR) is 39.8 cm³/mol. The van der Waals surface area contributed by atoms with Crippen LogP contribution in [0.1, 0.15) is 0 Å². The van der Waals surface area contributed by atoms with Gasteiger partial charge in [0.05, 0.1) is 12.6 Å². The SMILES string of the molecule is CN1CC(=O)N(CC#N)CC1=O. The molecule has 0 spiro atoms. The van der Waals surface area contributed by atoms with Crippen LogP contribution in [-0.4, -0.2) is 48.3 Å². The summed E-state index contributed by atoms with van der Waals surface area (Å²) in [5.74, 6) is -0.288. The third-order valence-electron chi connectivity index (χ3n) is 1.74. The summed E-state index contributed by atoms with van der Waals surface area (Å²) >= 11 is 0. The van der Waals surface area contributed by atoms with Crippen molar-refractivity contribution in [1.29, 1.82) is 5.26 Å². The van der Waals surface area contributed by atoms with Crippen molar-refractivity contribution < 1.29 is 9.59 Å². The Labute approximate surface area is 70.2 Å². The van der Waals surface area contributed by atoms with Gasteiger partial charge >= 0.3 is 0 Å². The van der Waals surface area contributed by atoms with Crippen molar-refractivity contribution in [2.75, 3.05) is 26.7 Å². The average molecular weight is 167 g/mol. The molecule has 64 valence electrons. The molecule has 2 amide bonds. The highest BCUT2D eigenvalue weighted by Crippen LogP contribution is 2.01. The highest BCUT2D eigenvalue weighted by atomic mass is 16.2. The van der Waals surface area contributed by atoms with Crippen molar-refractivity contribution in [1.82, 2.24) is 9.80 Å². The molecule has 1 aliphatic heterocycles. The van der Waals surface area contributed by atoms with Gasteiger partial charge in [0.25, 0.3) is 0 Å². The number of amides is 2. The number of likely N-dealkylation sites (N-methyl/N-ethyl adjacent to an activating group) is 1. The summed E-state index contributed by atoms with van der Waals surface area (Å²) in [5.41, 5.74) is 0. The molecule has 0 unspecified atom stereocenters. The van der Waals surface area contributed by atoms with Crippen molar-refractivity contribution in [3.8, 4) is 6.07 Å². The summed E-state index contributed by atoms with van der Waals surface area (Å²) in [7, 11) is 1.57. The highest BCUT2D eigenvalue weighted by Gasteiger charge is 2.26. The van der Waals surface area contributed by atoms with Crippen LogP contribution in [0, 0.1) is 11.3 Å². The fourth-order valence-corrected chi connectivity index (χ4v) is 0.993. The van der Waals surface area contributed by atoms with E-state index in [1.807, 2.05) is 6.07 Å². The smallest absolute Gasteiger partial charge is 0.243 e. The predicted octanol–water partition coefficient (Wildman–Crippen LogP) is -1.19. The van der Waals surface area contributed by atoms with E-state index in [2.05, 4.69) is 0 Å². The molecule has 1 aliphatic rings. The Kier molecular flexibility index (Phi) is 2.29. The summed E-state index contributed by atoms with van der Waals surface area (Å²) < 4.78 is 0. The molecule has 0 N–H and O–H groups in total. The Balaban J connectivity index is 2.63. The Hall–Kier alpha value is -1.57. The van der Waals surface area contributed by atoms with Crippen molar-refractivity contribution in [3.05, 3.63) is 0 Å². The third kappa shape index (κ3) is 1.53. The molecule has 5 heteroatoms. The molecule has 5 nitrogen and oxygen atoms in total. The minimum atomic E-state index is -0.168. The number of carbonyl (C=O) groups excluding carboxylic acids is 2. The van der Waals surface area contributed by atoms with Crippen LogP contribution >= 0.6 is 0 Å². The zero-order valence-corrected chi connectivity index (χ0v) is 6.78. The maximum atomic E-state index is 11.1. The van der Waals surface area contributed by atoms with Crippen LogP contribution in [0.25, 0.3) is 0 Å². The van der Waals surface area contributed by atoms with Crippen LogP contribution < -0.4 is 0 Å². The van der Waals surface area contributed by atoms with Crippen molar-refractivity contribution in [3.63, 3.8) is 0 Å². The molecule has 0 aromatic carbocycles. The second-order valence-corrected chi connectivity index (χ2v) is 2.66. The number of carbonyl (C=O) groups is 2. The molecule has 12 heavy (non-hydrogen) atoms. The molecule has 0 saturated carbocycles. The van der Waals surface area contributed by atoms with Crippen LogP contribution in [0.4, 0.5) is 0 Å². The van der Waals surface area contributed by atoms with Gasteiger partial charge < -0.3 is 9.80 Å². The Morgan fingerprint density at radius 2 is 2.08 bits per heavy atom. The summed E-state index contributed by atoms with van der Waals surface area (Å²) in [6.07, 6.45) is 0. The van der Waals surface area contributed by atoms with E-state index in [0.29, 0.717) is 0 Å². The number of nitrogens with zero attached hydrogens (tertiary/aromatic N) is 3. The van der Waals surface area contributed by atoms with E-state index in [-0.39, 0.29) is 31.4 Å². The van der Waals surface area contributed by atoms with E-state index in [1.165, 1.54) is 9.80 Å². The first-order valence-corrected chi connectivity index (χ1v) is 3.54. The molecular weight excluding hydrogens is 158 g/mol. The van der Waals surface area contributed by atoms with Gasteiger partial charge in [-0.15, -0.1) is 0 Å². The first-order chi connectivity index (χ1) is 5.65. The zero-order chi connectivity index (χ0) is 9.14. The topological polar surface area (TPSA) is 64.4 Å². The number of piperazine rings is 1. The Morgan fingerprint density at radius 1 is 1.42 bits per heavy atom. The van der Waals surface area contributed by atoms with Crippen molar-refractivity contribution >= 4 is 11.8 Å². The second kappa shape index (κ2) is 3.22. The molecule has 1 saturated heterocycles. The van der Waals surface area contributed by atoms with Gasteiger partial charge in [-0.1, -0.05) is 0 Å². The normalized spacial score (nSPS) is 18.0. The molecule has 1 heterocycles. The van der Waals surface area contributed by atoms with E-state index in [0.717, 1.165) is 0 Å². The van der Waals surface area contributed by atoms with Gasteiger partial charge in [-0.3, -0.25) is 9.59 Å². The quantitative estimate of drug-likeness (QED) is 0.461. The lowest BCUT2D eigenvalue weighted by Crippen LogP contribution is -2.52. The highest BCUT2D eigenvalue weighted by molar-refractivity contribution is 5.92. The Morgan fingerprint density at radius 3 is 2.67 bits per heavy atom. The van der Waals surface area contributed by atoms with Gasteiger partial charge in [-0.05, 0) is 0 Å². The molecule has 0 aromatic rings. The molecule has 0 atom stereocenters. The standard InChI is InChI=1S/C7H9N3O2/c1-9-4-7(12)10(3-2-8)5-6(9)11/h3-5H2,1H3. The zero-order valence-electron chi connectivity index (χ0n) is 6.78. The number of rotatable bonds is 1. The monoisotopic (exact) mass is 167 g/mol. The van der Waals surface area contributed by atoms with Crippen molar-refractivity contribution in [2.24, 2.45) is 0 Å². The van der Waals surface area contributed by atoms with Crippen LogP contribution in [0.3, 0.4) is 0 Å². The van der Waals surface area contributed by atoms with Crippen molar-refractivity contribution in [2.45, 2.75) is 0 Å². The van der Waals surface area contributed by atoms with Gasteiger partial charge in [0.15, 0.2) is 0 Å². The van der Waals surface area contributed by atoms with Gasteiger partial charge in [0, 0.05) is 7.05 Å². The summed E-state index contributed by atoms with van der Waals surface area (Å²) in [6, 6.07) is 1.84. The molecule has 0 aliphatic carbocycles. The maximum Gasteiger partial charge on any atom is 0.243 e. The van der Waals surface area contributed by atoms with E-state index in [9.17, 15) is 9.59 Å². The number of hydrogen-bond donors (Lipinski definition) is 0. The molecular formula is C7H9N3O2. The maximum absolute atomic E-state index is 11.1. The summed E-state index contributed by atoms with van der Waals surface area (Å²) in [6.45, 7) is 0.113. The van der Waals surface area contributed by atoms with E-state index >= 15 is 0 Å². The van der Waals surface area contributed by atoms with E-state index in [4.69, 9.17) is 5.26 Å². The number of hydrogen-bond acceptors (Lipinski definition) is 3. The minimum Gasteiger partial charge on any atom is -0.335 e. The van der Waals surface area contributed by atoms with Crippen LogP contribution in [0.2, 0.25) is 0 Å². The summed E-state index contributed by atoms with van der Waals surface area (Å²) in [5, 5.41) is 8.32. The molecule has 1 fully saturated rings. The first kappa shape index (κ1) is 8.53. The minimum absolute atomic E-state index is 0.00157. The Bertz CT molecular complexity index is 256. The second-order valence-electron chi connectivity index (χ2n) is 2.66. The lowest BCUT2D eigenvalue weighted by molar-refractivity contribution is -0.148. The van der Waals surface area contributed by atoms with Gasteiger partial charge in [0.1, 0.15) is 13.1 Å². The third-order valence-corrected chi connectivity index (χ3v) is 1.74. The van der Waals surface area contributed by atoms with E-state index in [1.54, 1.807) is 7.05 Å². The van der Waals surface area contributed by atoms with Gasteiger partial charge in [-0.25, -0.2) is 0 Å². The fraction of sp³-hybridized carbons (Fsp3) is 0.571. The lowest BCUT2D eigenvalue weighted by Gasteiger charge is -2.29. The molecule has 0 bridgehead atoms. The van der Waals surface area contributed by atoms with Gasteiger partial charge in [0.2, 0.25) is 11.8 Å². The lowest BCUT2D eigenvalue weighted by atomic mass is 10.3. The van der Waals surface area contributed by atoms with Crippen LogP contribution in [-0.2, 0) is 9.59 Å². The largest absolute Gasteiger partial charge is 0.335 e. The summed E-state index contributed by atoms with van der Waals surface area (Å²) in [4.78, 5) is 24.8. The fourth-order valence-electron chi connectivity index (χ4n) is 0.993. The molecule has 0 radical (unpaired) electrons. The molecule has 0 aromatic heterocycles. The first-order valence-electron chi connectivity index (χ1n) is 3.54. The van der Waals surface area contributed by atoms with Gasteiger partial charge in [-0.2, -0.15) is 5.26 Å². The van der Waals surface area contributed by atoms with Crippen LogP contribution in [0.15, 0.2) is 0 Å². The average Bonchev–Trinajstić information content (AvgIpc) is 2.01.